The van der Waals surface area contributed by atoms with Gasteiger partial charge in [-0.3, -0.25) is 10.1 Å². The van der Waals surface area contributed by atoms with Gasteiger partial charge in [0.1, 0.15) is 11.9 Å². The molecule has 0 saturated carbocycles. The zero-order chi connectivity index (χ0) is 13.8. The summed E-state index contributed by atoms with van der Waals surface area (Å²) in [6.45, 7) is 0. The lowest BCUT2D eigenvalue weighted by Crippen LogP contribution is -2.12. The normalized spacial score (nSPS) is 9.68. The summed E-state index contributed by atoms with van der Waals surface area (Å²) in [6.07, 6.45) is 0. The van der Waals surface area contributed by atoms with E-state index in [0.29, 0.717) is 5.82 Å². The van der Waals surface area contributed by atoms with E-state index in [1.807, 2.05) is 30.3 Å². The van der Waals surface area contributed by atoms with Crippen molar-refractivity contribution in [3.63, 3.8) is 0 Å². The number of hydrogen-bond acceptors (Lipinski definition) is 5. The lowest BCUT2D eigenvalue weighted by molar-refractivity contribution is -0.385. The van der Waals surface area contributed by atoms with Crippen molar-refractivity contribution in [2.24, 2.45) is 0 Å². The molecular formula is C13H10N4O2. The highest BCUT2D eigenvalue weighted by Gasteiger charge is 2.17. The van der Waals surface area contributed by atoms with Gasteiger partial charge in [0.25, 0.3) is 0 Å². The molecule has 0 radical (unpaired) electrons. The standard InChI is InChI=1S/C13H10N4O2/c1-16(10-5-3-2-4-6-10)13-8-7-12(17(18)19)11(9-14)15-13/h2-8H,1H3. The molecule has 0 aliphatic carbocycles. The van der Waals surface area contributed by atoms with Gasteiger partial charge in [-0.25, -0.2) is 4.98 Å². The molecule has 1 aromatic carbocycles. The first kappa shape index (κ1) is 12.5. The van der Waals surface area contributed by atoms with Crippen molar-refractivity contribution in [1.82, 2.24) is 4.98 Å². The van der Waals surface area contributed by atoms with Gasteiger partial charge in [-0.05, 0) is 18.2 Å². The Morgan fingerprint density at radius 3 is 2.53 bits per heavy atom. The maximum Gasteiger partial charge on any atom is 0.305 e. The Morgan fingerprint density at radius 1 is 1.26 bits per heavy atom. The molecule has 0 amide bonds. The van der Waals surface area contributed by atoms with E-state index >= 15 is 0 Å². The molecule has 0 aliphatic heterocycles. The highest BCUT2D eigenvalue weighted by molar-refractivity contribution is 5.61. The molecule has 0 spiro atoms. The molecule has 2 rings (SSSR count). The van der Waals surface area contributed by atoms with Gasteiger partial charge in [-0.15, -0.1) is 0 Å². The van der Waals surface area contributed by atoms with Crippen molar-refractivity contribution in [3.8, 4) is 6.07 Å². The smallest absolute Gasteiger partial charge is 0.305 e. The van der Waals surface area contributed by atoms with E-state index in [9.17, 15) is 10.1 Å². The van der Waals surface area contributed by atoms with Gasteiger partial charge in [0.05, 0.1) is 4.92 Å². The maximum atomic E-state index is 10.7. The van der Waals surface area contributed by atoms with Gasteiger partial charge in [-0.1, -0.05) is 18.2 Å². The zero-order valence-corrected chi connectivity index (χ0v) is 10.1. The van der Waals surface area contributed by atoms with Crippen LogP contribution >= 0.6 is 0 Å². The Bertz CT molecular complexity index is 649. The van der Waals surface area contributed by atoms with Crippen molar-refractivity contribution in [1.29, 1.82) is 5.26 Å². The Labute approximate surface area is 109 Å². The van der Waals surface area contributed by atoms with Crippen LogP contribution in [-0.2, 0) is 0 Å². The Kier molecular flexibility index (Phi) is 3.39. The highest BCUT2D eigenvalue weighted by atomic mass is 16.6. The molecule has 2 aromatic rings. The second kappa shape index (κ2) is 5.14. The lowest BCUT2D eigenvalue weighted by Gasteiger charge is -2.18. The van der Waals surface area contributed by atoms with Crippen molar-refractivity contribution in [2.45, 2.75) is 0 Å². The highest BCUT2D eigenvalue weighted by Crippen LogP contribution is 2.24. The number of benzene rings is 1. The van der Waals surface area contributed by atoms with Crippen LogP contribution in [0.4, 0.5) is 17.2 Å². The Balaban J connectivity index is 2.42. The summed E-state index contributed by atoms with van der Waals surface area (Å²) >= 11 is 0. The third kappa shape index (κ3) is 2.50. The van der Waals surface area contributed by atoms with Gasteiger partial charge >= 0.3 is 5.69 Å². The number of nitro groups is 1. The van der Waals surface area contributed by atoms with E-state index in [2.05, 4.69) is 4.98 Å². The molecule has 0 unspecified atom stereocenters. The summed E-state index contributed by atoms with van der Waals surface area (Å²) in [4.78, 5) is 15.9. The van der Waals surface area contributed by atoms with Crippen molar-refractivity contribution in [3.05, 3.63) is 58.3 Å². The number of hydrogen-bond donors (Lipinski definition) is 0. The molecule has 0 fully saturated rings. The minimum atomic E-state index is -0.613. The monoisotopic (exact) mass is 254 g/mol. The number of anilines is 2. The molecule has 0 saturated heterocycles. The van der Waals surface area contributed by atoms with Gasteiger partial charge in [0, 0.05) is 18.8 Å². The molecule has 1 aromatic heterocycles. The fourth-order valence-corrected chi connectivity index (χ4v) is 1.64. The summed E-state index contributed by atoms with van der Waals surface area (Å²) in [5, 5.41) is 19.6. The van der Waals surface area contributed by atoms with E-state index < -0.39 is 4.92 Å². The zero-order valence-electron chi connectivity index (χ0n) is 10.1. The molecule has 6 nitrogen and oxygen atoms in total. The second-order valence-corrected chi connectivity index (χ2v) is 3.80. The van der Waals surface area contributed by atoms with Crippen LogP contribution in [0.3, 0.4) is 0 Å². The predicted molar refractivity (Wildman–Crippen MR) is 70.1 cm³/mol. The third-order valence-corrected chi connectivity index (χ3v) is 2.65. The van der Waals surface area contributed by atoms with Crippen LogP contribution < -0.4 is 4.90 Å². The molecule has 0 atom stereocenters. The van der Waals surface area contributed by atoms with Crippen molar-refractivity contribution in [2.75, 3.05) is 11.9 Å². The van der Waals surface area contributed by atoms with Crippen LogP contribution in [0.15, 0.2) is 42.5 Å². The van der Waals surface area contributed by atoms with Gasteiger partial charge in [0.2, 0.25) is 5.69 Å². The number of para-hydroxylation sites is 1. The lowest BCUT2D eigenvalue weighted by atomic mass is 10.2. The molecule has 19 heavy (non-hydrogen) atoms. The minimum absolute atomic E-state index is 0.190. The number of aromatic nitrogens is 1. The van der Waals surface area contributed by atoms with Gasteiger partial charge in [0.15, 0.2) is 0 Å². The molecule has 94 valence electrons. The average molecular weight is 254 g/mol. The quantitative estimate of drug-likeness (QED) is 0.621. The molecular weight excluding hydrogens is 244 g/mol. The number of nitrogens with zero attached hydrogens (tertiary/aromatic N) is 4. The third-order valence-electron chi connectivity index (χ3n) is 2.65. The van der Waals surface area contributed by atoms with E-state index in [0.717, 1.165) is 5.69 Å². The summed E-state index contributed by atoms with van der Waals surface area (Å²) in [5.41, 5.74) is 0.408. The summed E-state index contributed by atoms with van der Waals surface area (Å²) < 4.78 is 0. The number of rotatable bonds is 3. The summed E-state index contributed by atoms with van der Waals surface area (Å²) in [5.74, 6) is 0.480. The predicted octanol–water partition coefficient (Wildman–Crippen LogP) is 2.63. The Hall–Kier alpha value is -2.94. The van der Waals surface area contributed by atoms with E-state index in [4.69, 9.17) is 5.26 Å². The molecule has 6 heteroatoms. The summed E-state index contributed by atoms with van der Waals surface area (Å²) in [7, 11) is 1.78. The average Bonchev–Trinajstić information content (AvgIpc) is 2.46. The first-order chi connectivity index (χ1) is 9.13. The molecule has 0 bridgehead atoms. The van der Waals surface area contributed by atoms with Crippen LogP contribution in [0.1, 0.15) is 5.69 Å². The second-order valence-electron chi connectivity index (χ2n) is 3.80. The van der Waals surface area contributed by atoms with E-state index in [1.165, 1.54) is 12.1 Å². The van der Waals surface area contributed by atoms with Gasteiger partial charge < -0.3 is 4.90 Å². The van der Waals surface area contributed by atoms with E-state index in [-0.39, 0.29) is 11.4 Å². The number of pyridine rings is 1. The largest absolute Gasteiger partial charge is 0.329 e. The first-order valence-electron chi connectivity index (χ1n) is 5.48. The summed E-state index contributed by atoms with van der Waals surface area (Å²) in [6, 6.07) is 14.0. The maximum absolute atomic E-state index is 10.7. The van der Waals surface area contributed by atoms with Crippen LogP contribution in [0.5, 0.6) is 0 Å². The SMILES string of the molecule is CN(c1ccccc1)c1ccc([N+](=O)[O-])c(C#N)n1. The fraction of sp³-hybridized carbons (Fsp3) is 0.0769. The van der Waals surface area contributed by atoms with Crippen molar-refractivity contribution >= 4 is 17.2 Å². The molecule has 0 aliphatic rings. The molecule has 0 N–H and O–H groups in total. The van der Waals surface area contributed by atoms with Crippen LogP contribution in [0, 0.1) is 21.4 Å². The molecule has 1 heterocycles. The van der Waals surface area contributed by atoms with Crippen LogP contribution in [0.25, 0.3) is 0 Å². The first-order valence-corrected chi connectivity index (χ1v) is 5.48. The van der Waals surface area contributed by atoms with Crippen LogP contribution in [0.2, 0.25) is 0 Å². The Morgan fingerprint density at radius 2 is 1.95 bits per heavy atom. The van der Waals surface area contributed by atoms with Crippen molar-refractivity contribution < 1.29 is 4.92 Å². The van der Waals surface area contributed by atoms with Crippen LogP contribution in [-0.4, -0.2) is 17.0 Å². The minimum Gasteiger partial charge on any atom is -0.329 e. The van der Waals surface area contributed by atoms with E-state index in [1.54, 1.807) is 18.0 Å². The topological polar surface area (TPSA) is 83.1 Å². The fourth-order valence-electron chi connectivity index (χ4n) is 1.64. The number of nitriles is 1. The van der Waals surface area contributed by atoms with Gasteiger partial charge in [-0.2, -0.15) is 5.26 Å².